The van der Waals surface area contributed by atoms with Crippen molar-refractivity contribution in [1.82, 2.24) is 0 Å². The van der Waals surface area contributed by atoms with Crippen molar-refractivity contribution < 1.29 is 9.90 Å². The number of carbonyl (C=O) groups is 1. The van der Waals surface area contributed by atoms with Gasteiger partial charge in [-0.2, -0.15) is 0 Å². The van der Waals surface area contributed by atoms with E-state index in [2.05, 4.69) is 6.92 Å². The van der Waals surface area contributed by atoms with Crippen molar-refractivity contribution in [3.05, 3.63) is 11.6 Å². The van der Waals surface area contributed by atoms with Gasteiger partial charge in [-0.1, -0.05) is 58.4 Å². The van der Waals surface area contributed by atoms with Crippen molar-refractivity contribution in [2.45, 2.75) is 97.3 Å². The third-order valence-electron chi connectivity index (χ3n) is 6.66. The maximum Gasteiger partial charge on any atom is 0.331 e. The zero-order chi connectivity index (χ0) is 17.4. The molecule has 0 spiro atoms. The summed E-state index contributed by atoms with van der Waals surface area (Å²) in [5.41, 5.74) is 0.690. The molecule has 1 N–H and O–H groups in total. The van der Waals surface area contributed by atoms with E-state index in [1.807, 2.05) is 13.0 Å². The van der Waals surface area contributed by atoms with Gasteiger partial charge in [-0.25, -0.2) is 4.79 Å². The van der Waals surface area contributed by atoms with Crippen LogP contribution in [0.4, 0.5) is 0 Å². The van der Waals surface area contributed by atoms with Gasteiger partial charge in [-0.3, -0.25) is 0 Å². The van der Waals surface area contributed by atoms with E-state index < -0.39 is 5.97 Å². The Morgan fingerprint density at radius 3 is 2.00 bits per heavy atom. The second kappa shape index (κ2) is 10.3. The second-order valence-electron chi connectivity index (χ2n) is 8.26. The fraction of sp³-hybridized carbons (Fsp3) is 0.864. The smallest absolute Gasteiger partial charge is 0.331 e. The quantitative estimate of drug-likeness (QED) is 0.401. The van der Waals surface area contributed by atoms with E-state index in [0.717, 1.165) is 37.0 Å². The van der Waals surface area contributed by atoms with Crippen LogP contribution in [-0.2, 0) is 4.79 Å². The minimum Gasteiger partial charge on any atom is -0.478 e. The first-order chi connectivity index (χ1) is 11.7. The zero-order valence-electron chi connectivity index (χ0n) is 15.9. The molecule has 0 aliphatic heterocycles. The number of carboxylic acid groups (broad SMARTS) is 1. The van der Waals surface area contributed by atoms with Gasteiger partial charge in [-0.05, 0) is 68.6 Å². The average Bonchev–Trinajstić information content (AvgIpc) is 2.60. The van der Waals surface area contributed by atoms with E-state index in [4.69, 9.17) is 0 Å². The molecule has 0 aromatic heterocycles. The van der Waals surface area contributed by atoms with Gasteiger partial charge in [0.15, 0.2) is 0 Å². The molecule has 2 heteroatoms. The second-order valence-corrected chi connectivity index (χ2v) is 8.26. The van der Waals surface area contributed by atoms with Gasteiger partial charge in [0.1, 0.15) is 0 Å². The number of aliphatic carboxylic acids is 1. The van der Waals surface area contributed by atoms with Gasteiger partial charge < -0.3 is 5.11 Å². The summed E-state index contributed by atoms with van der Waals surface area (Å²) in [4.78, 5) is 11.4. The van der Waals surface area contributed by atoms with Gasteiger partial charge in [0.25, 0.3) is 0 Å². The molecular weight excluding hydrogens is 296 g/mol. The van der Waals surface area contributed by atoms with Crippen LogP contribution in [0.5, 0.6) is 0 Å². The Balaban J connectivity index is 1.73. The first-order valence-corrected chi connectivity index (χ1v) is 10.6. The van der Waals surface area contributed by atoms with Gasteiger partial charge in [-0.15, -0.1) is 0 Å². The third-order valence-corrected chi connectivity index (χ3v) is 6.66. The molecule has 0 amide bonds. The van der Waals surface area contributed by atoms with Crippen LogP contribution in [0.15, 0.2) is 11.6 Å². The summed E-state index contributed by atoms with van der Waals surface area (Å²) in [5.74, 6) is 2.42. The monoisotopic (exact) mass is 334 g/mol. The number of carboxylic acids is 1. The first-order valence-electron chi connectivity index (χ1n) is 10.6. The van der Waals surface area contributed by atoms with Crippen molar-refractivity contribution >= 4 is 5.97 Å². The van der Waals surface area contributed by atoms with Crippen molar-refractivity contribution in [1.29, 1.82) is 0 Å². The summed E-state index contributed by atoms with van der Waals surface area (Å²) in [6.07, 6.45) is 18.9. The van der Waals surface area contributed by atoms with Crippen LogP contribution in [0.1, 0.15) is 97.3 Å². The molecule has 2 saturated carbocycles. The van der Waals surface area contributed by atoms with Crippen LogP contribution in [0.3, 0.4) is 0 Å². The first kappa shape index (κ1) is 19.5. The summed E-state index contributed by atoms with van der Waals surface area (Å²) in [7, 11) is 0. The van der Waals surface area contributed by atoms with Gasteiger partial charge >= 0.3 is 5.97 Å². The molecule has 2 aliphatic carbocycles. The van der Waals surface area contributed by atoms with E-state index in [0.29, 0.717) is 11.5 Å². The Kier molecular flexibility index (Phi) is 8.35. The fourth-order valence-electron chi connectivity index (χ4n) is 5.18. The highest BCUT2D eigenvalue weighted by Crippen LogP contribution is 2.43. The van der Waals surface area contributed by atoms with Crippen molar-refractivity contribution in [2.75, 3.05) is 0 Å². The number of hydrogen-bond acceptors (Lipinski definition) is 1. The van der Waals surface area contributed by atoms with Crippen LogP contribution >= 0.6 is 0 Å². The number of unbranched alkanes of at least 4 members (excludes halogenated alkanes) is 2. The highest BCUT2D eigenvalue weighted by molar-refractivity contribution is 5.87. The molecular formula is C22H38O2. The van der Waals surface area contributed by atoms with Gasteiger partial charge in [0.2, 0.25) is 0 Å². The topological polar surface area (TPSA) is 37.3 Å². The molecule has 0 aromatic carbocycles. The Bertz CT molecular complexity index is 396. The number of rotatable bonds is 8. The van der Waals surface area contributed by atoms with E-state index in [1.54, 1.807) is 0 Å². The molecule has 2 nitrogen and oxygen atoms in total. The van der Waals surface area contributed by atoms with Crippen LogP contribution < -0.4 is 0 Å². The van der Waals surface area contributed by atoms with Crippen LogP contribution in [0, 0.1) is 23.7 Å². The van der Waals surface area contributed by atoms with E-state index in [-0.39, 0.29) is 0 Å². The molecule has 2 rings (SSSR count). The Hall–Kier alpha value is -0.790. The molecule has 0 radical (unpaired) electrons. The number of hydrogen-bond donors (Lipinski definition) is 1. The fourth-order valence-corrected chi connectivity index (χ4v) is 5.18. The summed E-state index contributed by atoms with van der Waals surface area (Å²) in [6, 6.07) is 0. The molecule has 0 aromatic rings. The Morgan fingerprint density at radius 2 is 1.50 bits per heavy atom. The number of allylic oxidation sites excluding steroid dienone is 1. The normalized spacial score (nSPS) is 31.8. The lowest BCUT2D eigenvalue weighted by Crippen LogP contribution is -2.27. The molecule has 0 bridgehead atoms. The summed E-state index contributed by atoms with van der Waals surface area (Å²) in [5, 5.41) is 9.42. The third kappa shape index (κ3) is 5.63. The molecule has 2 aliphatic rings. The van der Waals surface area contributed by atoms with Gasteiger partial charge in [0.05, 0.1) is 0 Å². The zero-order valence-corrected chi connectivity index (χ0v) is 15.9. The van der Waals surface area contributed by atoms with Crippen LogP contribution in [-0.4, -0.2) is 11.1 Å². The SMILES string of the molecule is CCC=C(C(=O)O)[C@H]1CC[C@H]([C@H]2CC[C@H](CCCCC)CC2)CC1. The van der Waals surface area contributed by atoms with E-state index >= 15 is 0 Å². The standard InChI is InChI=1S/C22H38O2/c1-3-5-6-8-17-9-11-18(12-10-17)19-13-15-20(16-14-19)21(7-4-2)22(23)24/h7,17-20H,3-6,8-16H2,1-2H3,(H,23,24)/t17-,18-,19-,20-. The summed E-state index contributed by atoms with van der Waals surface area (Å²) < 4.78 is 0. The minimum absolute atomic E-state index is 0.309. The molecule has 0 unspecified atom stereocenters. The van der Waals surface area contributed by atoms with Crippen LogP contribution in [0.25, 0.3) is 0 Å². The molecule has 138 valence electrons. The highest BCUT2D eigenvalue weighted by Gasteiger charge is 2.32. The minimum atomic E-state index is -0.687. The maximum atomic E-state index is 11.4. The van der Waals surface area contributed by atoms with E-state index in [9.17, 15) is 9.90 Å². The Labute approximate surface area is 149 Å². The molecule has 0 atom stereocenters. The summed E-state index contributed by atoms with van der Waals surface area (Å²) in [6.45, 7) is 4.33. The van der Waals surface area contributed by atoms with Crippen molar-refractivity contribution in [3.8, 4) is 0 Å². The molecule has 2 fully saturated rings. The lowest BCUT2D eigenvalue weighted by molar-refractivity contribution is -0.133. The van der Waals surface area contributed by atoms with Crippen molar-refractivity contribution in [3.63, 3.8) is 0 Å². The highest BCUT2D eigenvalue weighted by atomic mass is 16.4. The Morgan fingerprint density at radius 1 is 0.917 bits per heavy atom. The predicted molar refractivity (Wildman–Crippen MR) is 101 cm³/mol. The average molecular weight is 335 g/mol. The van der Waals surface area contributed by atoms with Crippen molar-refractivity contribution in [2.24, 2.45) is 23.7 Å². The van der Waals surface area contributed by atoms with Crippen LogP contribution in [0.2, 0.25) is 0 Å². The predicted octanol–water partition coefficient (Wildman–Crippen LogP) is 6.60. The van der Waals surface area contributed by atoms with Gasteiger partial charge in [0, 0.05) is 5.57 Å². The maximum absolute atomic E-state index is 11.4. The molecule has 24 heavy (non-hydrogen) atoms. The lowest BCUT2D eigenvalue weighted by atomic mass is 9.67. The van der Waals surface area contributed by atoms with E-state index in [1.165, 1.54) is 64.2 Å². The molecule has 0 saturated heterocycles. The largest absolute Gasteiger partial charge is 0.478 e. The summed E-state index contributed by atoms with van der Waals surface area (Å²) >= 11 is 0. The molecule has 0 heterocycles. The lowest BCUT2D eigenvalue weighted by Gasteiger charge is -2.38.